The minimum Gasteiger partial charge on any atom is -0.307 e. The largest absolute Gasteiger partial charge is 0.307 e. The summed E-state index contributed by atoms with van der Waals surface area (Å²) >= 11 is 0. The van der Waals surface area contributed by atoms with Crippen LogP contribution in [0.15, 0.2) is 194 Å². The Morgan fingerprint density at radius 3 is 1.12 bits per heavy atom. The number of nitrogens with zero attached hydrogens (tertiary/aromatic N) is 2. The first-order chi connectivity index (χ1) is 24.8. The highest BCUT2D eigenvalue weighted by Gasteiger charge is 2.21. The molecule has 2 nitrogen and oxygen atoms in total. The zero-order chi connectivity index (χ0) is 33.0. The molecule has 0 amide bonds. The smallest absolute Gasteiger partial charge is 0.0788 e. The van der Waals surface area contributed by atoms with Gasteiger partial charge in [0.05, 0.1) is 22.1 Å². The van der Waals surface area contributed by atoms with Crippen LogP contribution < -0.4 is 0 Å². The first kappa shape index (κ1) is 28.4. The molecule has 2 heteroatoms. The molecule has 0 atom stereocenters. The van der Waals surface area contributed by atoms with E-state index >= 15 is 0 Å². The van der Waals surface area contributed by atoms with Gasteiger partial charge in [0.2, 0.25) is 0 Å². The average molecular weight is 637 g/mol. The molecule has 0 radical (unpaired) electrons. The fourth-order valence-electron chi connectivity index (χ4n) is 7.76. The number of hydrogen-bond donors (Lipinski definition) is 0. The van der Waals surface area contributed by atoms with Crippen LogP contribution in [0.25, 0.3) is 88.4 Å². The summed E-state index contributed by atoms with van der Waals surface area (Å²) in [6, 6.07) is 70.4. The predicted octanol–water partition coefficient (Wildman–Crippen LogP) is 12.9. The number of aromatic nitrogens is 2. The Balaban J connectivity index is 1.29. The monoisotopic (exact) mass is 636 g/mol. The fourth-order valence-corrected chi connectivity index (χ4v) is 7.76. The standard InChI is InChI=1S/C48H32N2/c1-4-12-33(13-5-1)36-20-25-39(26-21-36)49-45-19-11-10-18-41(45)43-30-31-44-42-29-24-38(35-16-8-3-9-17-35)32-46(42)50(48(44)47(43)49)40-27-22-37(23-28-40)34-14-6-2-7-15-34/h1-32H. The molecule has 0 saturated heterocycles. The van der Waals surface area contributed by atoms with Gasteiger partial charge in [-0.1, -0.05) is 158 Å². The highest BCUT2D eigenvalue weighted by Crippen LogP contribution is 2.43. The van der Waals surface area contributed by atoms with Crippen molar-refractivity contribution in [2.75, 3.05) is 0 Å². The minimum absolute atomic E-state index is 1.14. The first-order valence-corrected chi connectivity index (χ1v) is 17.2. The molecular formula is C48H32N2. The molecule has 8 aromatic carbocycles. The zero-order valence-electron chi connectivity index (χ0n) is 27.4. The normalized spacial score (nSPS) is 11.6. The molecule has 50 heavy (non-hydrogen) atoms. The lowest BCUT2D eigenvalue weighted by Gasteiger charge is -2.14. The number of rotatable bonds is 5. The summed E-state index contributed by atoms with van der Waals surface area (Å²) in [6.07, 6.45) is 0. The van der Waals surface area contributed by atoms with Crippen LogP contribution in [0.1, 0.15) is 0 Å². The van der Waals surface area contributed by atoms with E-state index in [1.165, 1.54) is 77.0 Å². The molecule has 0 aliphatic rings. The molecule has 10 aromatic rings. The SMILES string of the molecule is c1ccc(-c2ccc(-n3c4ccccc4c4ccc5c6ccc(-c7ccccc7)cc6n(-c6ccc(-c7ccccc7)cc6)c5c43)cc2)cc1. The Morgan fingerprint density at radius 1 is 0.240 bits per heavy atom. The summed E-state index contributed by atoms with van der Waals surface area (Å²) in [5, 5.41) is 4.97. The predicted molar refractivity (Wildman–Crippen MR) is 211 cm³/mol. The van der Waals surface area contributed by atoms with Crippen molar-refractivity contribution in [2.24, 2.45) is 0 Å². The van der Waals surface area contributed by atoms with E-state index in [2.05, 4.69) is 203 Å². The summed E-state index contributed by atoms with van der Waals surface area (Å²) in [4.78, 5) is 0. The second kappa shape index (κ2) is 11.5. The Hall–Kier alpha value is -6.64. The lowest BCUT2D eigenvalue weighted by Crippen LogP contribution is -1.99. The van der Waals surface area contributed by atoms with E-state index in [-0.39, 0.29) is 0 Å². The summed E-state index contributed by atoms with van der Waals surface area (Å²) < 4.78 is 4.95. The third kappa shape index (κ3) is 4.50. The van der Waals surface area contributed by atoms with Crippen LogP contribution >= 0.6 is 0 Å². The van der Waals surface area contributed by atoms with Gasteiger partial charge < -0.3 is 9.13 Å². The molecule has 2 aromatic heterocycles. The van der Waals surface area contributed by atoms with Gasteiger partial charge in [-0.05, 0) is 69.8 Å². The van der Waals surface area contributed by atoms with Crippen molar-refractivity contribution in [1.82, 2.24) is 9.13 Å². The number of fused-ring (bicyclic) bond motifs is 7. The van der Waals surface area contributed by atoms with Crippen molar-refractivity contribution in [2.45, 2.75) is 0 Å². The van der Waals surface area contributed by atoms with Crippen LogP contribution in [0, 0.1) is 0 Å². The molecule has 234 valence electrons. The van der Waals surface area contributed by atoms with Crippen LogP contribution in [0.5, 0.6) is 0 Å². The molecule has 0 saturated carbocycles. The molecule has 2 heterocycles. The van der Waals surface area contributed by atoms with Gasteiger partial charge in [0.1, 0.15) is 0 Å². The number of hydrogen-bond acceptors (Lipinski definition) is 0. The summed E-state index contributed by atoms with van der Waals surface area (Å²) in [6.45, 7) is 0. The van der Waals surface area contributed by atoms with Crippen LogP contribution in [-0.2, 0) is 0 Å². The van der Waals surface area contributed by atoms with Crippen molar-refractivity contribution in [3.63, 3.8) is 0 Å². The Labute approximate surface area is 290 Å². The van der Waals surface area contributed by atoms with E-state index < -0.39 is 0 Å². The molecule has 10 rings (SSSR count). The summed E-state index contributed by atoms with van der Waals surface area (Å²) in [5.41, 5.74) is 14.4. The molecular weight excluding hydrogens is 605 g/mol. The van der Waals surface area contributed by atoms with E-state index in [1.807, 2.05) is 0 Å². The Kier molecular flexibility index (Phi) is 6.53. The van der Waals surface area contributed by atoms with Crippen LogP contribution in [0.2, 0.25) is 0 Å². The van der Waals surface area contributed by atoms with E-state index in [9.17, 15) is 0 Å². The van der Waals surface area contributed by atoms with Gasteiger partial charge in [0.25, 0.3) is 0 Å². The molecule has 0 fully saturated rings. The summed E-state index contributed by atoms with van der Waals surface area (Å²) in [7, 11) is 0. The molecule has 0 aliphatic heterocycles. The average Bonchev–Trinajstić information content (AvgIpc) is 3.72. The van der Waals surface area contributed by atoms with Crippen LogP contribution in [0.3, 0.4) is 0 Å². The van der Waals surface area contributed by atoms with Crippen molar-refractivity contribution in [3.8, 4) is 44.8 Å². The van der Waals surface area contributed by atoms with E-state index in [1.54, 1.807) is 0 Å². The van der Waals surface area contributed by atoms with Gasteiger partial charge >= 0.3 is 0 Å². The zero-order valence-corrected chi connectivity index (χ0v) is 27.4. The van der Waals surface area contributed by atoms with Crippen LogP contribution in [-0.4, -0.2) is 9.13 Å². The van der Waals surface area contributed by atoms with Gasteiger partial charge in [0, 0.05) is 32.9 Å². The van der Waals surface area contributed by atoms with Gasteiger partial charge in [-0.3, -0.25) is 0 Å². The second-order valence-corrected chi connectivity index (χ2v) is 13.0. The molecule has 0 N–H and O–H groups in total. The maximum Gasteiger partial charge on any atom is 0.0788 e. The van der Waals surface area contributed by atoms with E-state index in [0.29, 0.717) is 0 Å². The highest BCUT2D eigenvalue weighted by molar-refractivity contribution is 6.24. The topological polar surface area (TPSA) is 9.86 Å². The lowest BCUT2D eigenvalue weighted by atomic mass is 10.0. The minimum atomic E-state index is 1.14. The molecule has 0 bridgehead atoms. The molecule has 0 unspecified atom stereocenters. The second-order valence-electron chi connectivity index (χ2n) is 13.0. The lowest BCUT2D eigenvalue weighted by molar-refractivity contribution is 1.15. The number of benzene rings is 8. The maximum absolute atomic E-state index is 2.49. The fraction of sp³-hybridized carbons (Fsp3) is 0. The quantitative estimate of drug-likeness (QED) is 0.178. The van der Waals surface area contributed by atoms with E-state index in [0.717, 1.165) is 11.4 Å². The third-order valence-electron chi connectivity index (χ3n) is 10.1. The van der Waals surface area contributed by atoms with Crippen molar-refractivity contribution >= 4 is 43.6 Å². The molecule has 0 aliphatic carbocycles. The van der Waals surface area contributed by atoms with Crippen molar-refractivity contribution in [1.29, 1.82) is 0 Å². The Bertz CT molecular complexity index is 2810. The highest BCUT2D eigenvalue weighted by atomic mass is 15.0. The van der Waals surface area contributed by atoms with Gasteiger partial charge in [-0.25, -0.2) is 0 Å². The van der Waals surface area contributed by atoms with Crippen molar-refractivity contribution < 1.29 is 0 Å². The van der Waals surface area contributed by atoms with Crippen molar-refractivity contribution in [3.05, 3.63) is 194 Å². The van der Waals surface area contributed by atoms with Gasteiger partial charge in [-0.15, -0.1) is 0 Å². The first-order valence-electron chi connectivity index (χ1n) is 17.2. The number of para-hydroxylation sites is 1. The third-order valence-corrected chi connectivity index (χ3v) is 10.1. The van der Waals surface area contributed by atoms with Gasteiger partial charge in [0.15, 0.2) is 0 Å². The van der Waals surface area contributed by atoms with Crippen LogP contribution in [0.4, 0.5) is 0 Å². The van der Waals surface area contributed by atoms with Gasteiger partial charge in [-0.2, -0.15) is 0 Å². The summed E-state index contributed by atoms with van der Waals surface area (Å²) in [5.74, 6) is 0. The van der Waals surface area contributed by atoms with E-state index in [4.69, 9.17) is 0 Å². The maximum atomic E-state index is 2.49. The molecule has 0 spiro atoms. The Morgan fingerprint density at radius 2 is 0.600 bits per heavy atom.